The molecule has 0 aliphatic heterocycles. The molecule has 1 aromatic carbocycles. The second-order valence-electron chi connectivity index (χ2n) is 4.56. The zero-order valence-electron chi connectivity index (χ0n) is 11.0. The van der Waals surface area contributed by atoms with Crippen LogP contribution in [0.2, 0.25) is 0 Å². The summed E-state index contributed by atoms with van der Waals surface area (Å²) < 4.78 is 5.75. The Labute approximate surface area is 108 Å². The molecular weight excluding hydrogens is 224 g/mol. The number of nitrogens with two attached hydrogens (primary N) is 1. The number of hydrogen-bond donors (Lipinski definition) is 1. The van der Waals surface area contributed by atoms with E-state index in [2.05, 4.69) is 24.9 Å². The third-order valence-corrected chi connectivity index (χ3v) is 2.94. The average Bonchev–Trinajstić information content (AvgIpc) is 2.34. The van der Waals surface area contributed by atoms with Crippen LogP contribution >= 0.6 is 0 Å². The lowest BCUT2D eigenvalue weighted by molar-refractivity contribution is 0.479. The van der Waals surface area contributed by atoms with Crippen molar-refractivity contribution in [1.29, 1.82) is 0 Å². The highest BCUT2D eigenvalue weighted by atomic mass is 16.5. The maximum absolute atomic E-state index is 5.75. The van der Waals surface area contributed by atoms with E-state index in [9.17, 15) is 0 Å². The standard InChI is InChI=1S/C15H18N2O/c1-10-4-5-13(8-11(10)2)18-14-6-7-15(12(3)16)17-9-14/h4-9,12H,16H2,1-3H3/t12-/m1/s1. The molecule has 3 heteroatoms. The van der Waals surface area contributed by atoms with E-state index in [-0.39, 0.29) is 6.04 Å². The van der Waals surface area contributed by atoms with Crippen LogP contribution in [-0.2, 0) is 0 Å². The van der Waals surface area contributed by atoms with E-state index in [1.54, 1.807) is 6.20 Å². The van der Waals surface area contributed by atoms with E-state index in [1.165, 1.54) is 11.1 Å². The average molecular weight is 242 g/mol. The van der Waals surface area contributed by atoms with Crippen LogP contribution in [0.25, 0.3) is 0 Å². The highest BCUT2D eigenvalue weighted by Crippen LogP contribution is 2.23. The molecule has 0 amide bonds. The molecule has 0 saturated heterocycles. The third-order valence-electron chi connectivity index (χ3n) is 2.94. The van der Waals surface area contributed by atoms with E-state index in [4.69, 9.17) is 10.5 Å². The van der Waals surface area contributed by atoms with E-state index in [0.717, 1.165) is 17.2 Å². The summed E-state index contributed by atoms with van der Waals surface area (Å²) in [6.45, 7) is 6.06. The van der Waals surface area contributed by atoms with Gasteiger partial charge in [0, 0.05) is 6.04 Å². The maximum Gasteiger partial charge on any atom is 0.145 e. The van der Waals surface area contributed by atoms with Gasteiger partial charge in [0.1, 0.15) is 11.5 Å². The lowest BCUT2D eigenvalue weighted by atomic mass is 10.1. The van der Waals surface area contributed by atoms with E-state index in [1.807, 2.05) is 31.2 Å². The Balaban J connectivity index is 2.15. The second kappa shape index (κ2) is 5.19. The fraction of sp³-hybridized carbons (Fsp3) is 0.267. The predicted octanol–water partition coefficient (Wildman–Crippen LogP) is 3.51. The van der Waals surface area contributed by atoms with Gasteiger partial charge in [-0.25, -0.2) is 0 Å². The first-order chi connectivity index (χ1) is 8.56. The van der Waals surface area contributed by atoms with Gasteiger partial charge in [0.2, 0.25) is 0 Å². The van der Waals surface area contributed by atoms with Crippen LogP contribution in [0.15, 0.2) is 36.5 Å². The smallest absolute Gasteiger partial charge is 0.145 e. The minimum absolute atomic E-state index is 0.0549. The maximum atomic E-state index is 5.75. The number of aromatic nitrogens is 1. The van der Waals surface area contributed by atoms with Crippen molar-refractivity contribution in [2.45, 2.75) is 26.8 Å². The minimum atomic E-state index is -0.0549. The topological polar surface area (TPSA) is 48.1 Å². The zero-order chi connectivity index (χ0) is 13.1. The van der Waals surface area contributed by atoms with Crippen molar-refractivity contribution in [2.24, 2.45) is 5.73 Å². The summed E-state index contributed by atoms with van der Waals surface area (Å²) in [6, 6.07) is 9.76. The third kappa shape index (κ3) is 2.87. The Morgan fingerprint density at radius 1 is 1.06 bits per heavy atom. The predicted molar refractivity (Wildman–Crippen MR) is 72.8 cm³/mol. The molecule has 0 fully saturated rings. The normalized spacial score (nSPS) is 12.2. The molecule has 18 heavy (non-hydrogen) atoms. The summed E-state index contributed by atoms with van der Waals surface area (Å²) in [7, 11) is 0. The fourth-order valence-electron chi connectivity index (χ4n) is 1.63. The first-order valence-corrected chi connectivity index (χ1v) is 6.03. The zero-order valence-corrected chi connectivity index (χ0v) is 11.0. The van der Waals surface area contributed by atoms with Crippen molar-refractivity contribution in [3.05, 3.63) is 53.3 Å². The molecule has 0 spiro atoms. The molecular formula is C15H18N2O. The molecule has 1 atom stereocenters. The summed E-state index contributed by atoms with van der Waals surface area (Å²) in [5.41, 5.74) is 9.09. The SMILES string of the molecule is Cc1ccc(Oc2ccc([C@@H](C)N)nc2)cc1C. The number of aryl methyl sites for hydroxylation is 2. The molecule has 0 aliphatic rings. The van der Waals surface area contributed by atoms with Gasteiger partial charge in [0.05, 0.1) is 11.9 Å². The Hall–Kier alpha value is -1.87. The molecule has 0 aliphatic carbocycles. The van der Waals surface area contributed by atoms with Gasteiger partial charge < -0.3 is 10.5 Å². The van der Waals surface area contributed by atoms with Gasteiger partial charge in [-0.05, 0) is 56.2 Å². The lowest BCUT2D eigenvalue weighted by Gasteiger charge is -2.09. The number of ether oxygens (including phenoxy) is 1. The van der Waals surface area contributed by atoms with Gasteiger partial charge in [-0.2, -0.15) is 0 Å². The second-order valence-corrected chi connectivity index (χ2v) is 4.56. The number of pyridine rings is 1. The van der Waals surface area contributed by atoms with Crippen molar-refractivity contribution in [1.82, 2.24) is 4.98 Å². The van der Waals surface area contributed by atoms with E-state index < -0.39 is 0 Å². The molecule has 1 heterocycles. The molecule has 2 rings (SSSR count). The Morgan fingerprint density at radius 3 is 2.33 bits per heavy atom. The largest absolute Gasteiger partial charge is 0.456 e. The van der Waals surface area contributed by atoms with Crippen LogP contribution in [0.1, 0.15) is 29.8 Å². The molecule has 3 nitrogen and oxygen atoms in total. The van der Waals surface area contributed by atoms with Gasteiger partial charge in [-0.15, -0.1) is 0 Å². The first kappa shape index (κ1) is 12.6. The van der Waals surface area contributed by atoms with Crippen LogP contribution in [0.3, 0.4) is 0 Å². The molecule has 0 unspecified atom stereocenters. The molecule has 0 radical (unpaired) electrons. The fourth-order valence-corrected chi connectivity index (χ4v) is 1.63. The summed E-state index contributed by atoms with van der Waals surface area (Å²) in [5, 5.41) is 0. The van der Waals surface area contributed by atoms with Crippen molar-refractivity contribution in [3.63, 3.8) is 0 Å². The van der Waals surface area contributed by atoms with Gasteiger partial charge in [0.25, 0.3) is 0 Å². The summed E-state index contributed by atoms with van der Waals surface area (Å²) >= 11 is 0. The highest BCUT2D eigenvalue weighted by molar-refractivity contribution is 5.36. The van der Waals surface area contributed by atoms with Crippen LogP contribution in [0.5, 0.6) is 11.5 Å². The molecule has 94 valence electrons. The van der Waals surface area contributed by atoms with Gasteiger partial charge in [-0.1, -0.05) is 6.07 Å². The van der Waals surface area contributed by atoms with Crippen molar-refractivity contribution >= 4 is 0 Å². The molecule has 2 aromatic rings. The quantitative estimate of drug-likeness (QED) is 0.896. The number of rotatable bonds is 3. The van der Waals surface area contributed by atoms with Gasteiger partial charge in [0.15, 0.2) is 0 Å². The van der Waals surface area contributed by atoms with Crippen LogP contribution < -0.4 is 10.5 Å². The summed E-state index contributed by atoms with van der Waals surface area (Å²) in [5.74, 6) is 1.55. The van der Waals surface area contributed by atoms with E-state index in [0.29, 0.717) is 0 Å². The molecule has 1 aromatic heterocycles. The molecule has 2 N–H and O–H groups in total. The van der Waals surface area contributed by atoms with E-state index >= 15 is 0 Å². The monoisotopic (exact) mass is 242 g/mol. The Morgan fingerprint density at radius 2 is 1.78 bits per heavy atom. The first-order valence-electron chi connectivity index (χ1n) is 6.03. The number of nitrogens with zero attached hydrogens (tertiary/aromatic N) is 1. The number of benzene rings is 1. The summed E-state index contributed by atoms with van der Waals surface area (Å²) in [6.07, 6.45) is 1.70. The van der Waals surface area contributed by atoms with Crippen molar-refractivity contribution < 1.29 is 4.74 Å². The van der Waals surface area contributed by atoms with Crippen molar-refractivity contribution in [3.8, 4) is 11.5 Å². The molecule has 0 saturated carbocycles. The number of hydrogen-bond acceptors (Lipinski definition) is 3. The van der Waals surface area contributed by atoms with Crippen LogP contribution in [0, 0.1) is 13.8 Å². The van der Waals surface area contributed by atoms with Gasteiger partial charge >= 0.3 is 0 Å². The van der Waals surface area contributed by atoms with Gasteiger partial charge in [-0.3, -0.25) is 4.98 Å². The Kier molecular flexibility index (Phi) is 3.63. The minimum Gasteiger partial charge on any atom is -0.456 e. The van der Waals surface area contributed by atoms with Crippen LogP contribution in [-0.4, -0.2) is 4.98 Å². The summed E-state index contributed by atoms with van der Waals surface area (Å²) in [4.78, 5) is 4.26. The lowest BCUT2D eigenvalue weighted by Crippen LogP contribution is -2.06. The Bertz CT molecular complexity index is 533. The highest BCUT2D eigenvalue weighted by Gasteiger charge is 2.03. The van der Waals surface area contributed by atoms with Crippen LogP contribution in [0.4, 0.5) is 0 Å². The van der Waals surface area contributed by atoms with Crippen molar-refractivity contribution in [2.75, 3.05) is 0 Å². The molecule has 0 bridgehead atoms.